The Labute approximate surface area is 126 Å². The van der Waals surface area contributed by atoms with Gasteiger partial charge in [-0.1, -0.05) is 13.8 Å². The second-order valence-corrected chi connectivity index (χ2v) is 6.18. The molecule has 0 amide bonds. The number of hydrogen-bond donors (Lipinski definition) is 3. The number of nitrogens with zero attached hydrogens (tertiary/aromatic N) is 2. The first-order valence-electron chi connectivity index (χ1n) is 6.86. The zero-order valence-corrected chi connectivity index (χ0v) is 13.2. The van der Waals surface area contributed by atoms with Crippen molar-refractivity contribution in [2.24, 2.45) is 10.9 Å². The van der Waals surface area contributed by atoms with Crippen LogP contribution in [0.4, 0.5) is 5.69 Å². The van der Waals surface area contributed by atoms with Crippen molar-refractivity contribution in [3.05, 3.63) is 22.4 Å². The number of anilines is 1. The number of benzene rings is 1. The first-order valence-corrected chi connectivity index (χ1v) is 7.65. The third-order valence-electron chi connectivity index (χ3n) is 3.17. The summed E-state index contributed by atoms with van der Waals surface area (Å²) in [6.07, 6.45) is 0.956. The normalized spacial score (nSPS) is 14.7. The Bertz CT molecular complexity index is 659. The maximum Gasteiger partial charge on any atom is 0.195 e. The van der Waals surface area contributed by atoms with Gasteiger partial charge < -0.3 is 15.6 Å². The summed E-state index contributed by atoms with van der Waals surface area (Å²) >= 11 is 3.64. The maximum atomic E-state index is 4.68. The van der Waals surface area contributed by atoms with E-state index in [0.29, 0.717) is 5.92 Å². The summed E-state index contributed by atoms with van der Waals surface area (Å²) in [6, 6.07) is 4.08. The minimum Gasteiger partial charge on any atom is -0.354 e. The highest BCUT2D eigenvalue weighted by Gasteiger charge is 2.13. The van der Waals surface area contributed by atoms with E-state index in [2.05, 4.69) is 61.4 Å². The predicted molar refractivity (Wildman–Crippen MR) is 86.3 cm³/mol. The Morgan fingerprint density at radius 3 is 2.95 bits per heavy atom. The molecule has 0 unspecified atom stereocenters. The molecule has 1 aromatic carbocycles. The van der Waals surface area contributed by atoms with Gasteiger partial charge in [-0.3, -0.25) is 4.99 Å². The highest BCUT2D eigenvalue weighted by atomic mass is 79.9. The highest BCUT2D eigenvalue weighted by Crippen LogP contribution is 2.30. The van der Waals surface area contributed by atoms with E-state index in [9.17, 15) is 0 Å². The Morgan fingerprint density at radius 1 is 1.40 bits per heavy atom. The average molecular weight is 336 g/mol. The van der Waals surface area contributed by atoms with Crippen molar-refractivity contribution in [1.82, 2.24) is 15.3 Å². The standard InChI is InChI=1S/C14H18BrN5/c1-8(2)7-11-18-10-4-3-9(12(15)13(10)20-11)19-14-16-5-6-17-14/h3-4,8H,5-7H2,1-2H3,(H,18,20)(H2,16,17,19). The van der Waals surface area contributed by atoms with Crippen molar-refractivity contribution in [3.8, 4) is 0 Å². The second-order valence-electron chi connectivity index (χ2n) is 5.39. The maximum absolute atomic E-state index is 4.68. The van der Waals surface area contributed by atoms with Crippen molar-refractivity contribution in [2.45, 2.75) is 20.3 Å². The number of aliphatic imine (C=N–C) groups is 1. The number of imidazole rings is 1. The van der Waals surface area contributed by atoms with Gasteiger partial charge >= 0.3 is 0 Å². The van der Waals surface area contributed by atoms with E-state index in [4.69, 9.17) is 0 Å². The van der Waals surface area contributed by atoms with Crippen LogP contribution in [0.15, 0.2) is 21.6 Å². The zero-order chi connectivity index (χ0) is 14.1. The molecule has 0 saturated heterocycles. The van der Waals surface area contributed by atoms with E-state index in [1.54, 1.807) is 0 Å². The fourth-order valence-electron chi connectivity index (χ4n) is 2.28. The molecule has 0 radical (unpaired) electrons. The van der Waals surface area contributed by atoms with Crippen molar-refractivity contribution in [1.29, 1.82) is 0 Å². The minimum atomic E-state index is 0.587. The summed E-state index contributed by atoms with van der Waals surface area (Å²) in [5, 5.41) is 6.49. The van der Waals surface area contributed by atoms with Gasteiger partial charge in [0.2, 0.25) is 0 Å². The largest absolute Gasteiger partial charge is 0.354 e. The number of halogens is 1. The monoisotopic (exact) mass is 335 g/mol. The lowest BCUT2D eigenvalue weighted by Gasteiger charge is -2.08. The molecule has 1 aromatic heterocycles. The molecule has 0 atom stereocenters. The van der Waals surface area contributed by atoms with E-state index in [1.165, 1.54) is 0 Å². The lowest BCUT2D eigenvalue weighted by molar-refractivity contribution is 0.627. The lowest BCUT2D eigenvalue weighted by atomic mass is 10.1. The molecule has 1 aliphatic heterocycles. The van der Waals surface area contributed by atoms with E-state index in [0.717, 1.165) is 52.5 Å². The van der Waals surface area contributed by atoms with Crippen LogP contribution in [0.5, 0.6) is 0 Å². The van der Waals surface area contributed by atoms with Crippen LogP contribution in [0.2, 0.25) is 0 Å². The molecule has 0 saturated carbocycles. The number of hydrogen-bond acceptors (Lipinski definition) is 4. The van der Waals surface area contributed by atoms with Crippen LogP contribution in [0.25, 0.3) is 11.0 Å². The second kappa shape index (κ2) is 5.44. The number of guanidine groups is 1. The molecule has 0 aliphatic carbocycles. The molecule has 0 spiro atoms. The van der Waals surface area contributed by atoms with Crippen LogP contribution < -0.4 is 10.6 Å². The number of aromatic amines is 1. The molecule has 2 heterocycles. The molecule has 3 N–H and O–H groups in total. The third-order valence-corrected chi connectivity index (χ3v) is 3.97. The van der Waals surface area contributed by atoms with Crippen LogP contribution in [-0.2, 0) is 6.42 Å². The van der Waals surface area contributed by atoms with Gasteiger partial charge in [0, 0.05) is 13.0 Å². The third kappa shape index (κ3) is 2.65. The van der Waals surface area contributed by atoms with Gasteiger partial charge in [0.15, 0.2) is 5.96 Å². The van der Waals surface area contributed by atoms with Gasteiger partial charge in [-0.15, -0.1) is 0 Å². The van der Waals surface area contributed by atoms with Crippen LogP contribution in [0, 0.1) is 5.92 Å². The Balaban J connectivity index is 1.92. The van der Waals surface area contributed by atoms with Crippen molar-refractivity contribution >= 4 is 38.6 Å². The van der Waals surface area contributed by atoms with Gasteiger partial charge in [-0.2, -0.15) is 0 Å². The van der Waals surface area contributed by atoms with Crippen LogP contribution in [0.1, 0.15) is 19.7 Å². The topological polar surface area (TPSA) is 65.1 Å². The number of fused-ring (bicyclic) bond motifs is 1. The van der Waals surface area contributed by atoms with E-state index in [1.807, 2.05) is 6.07 Å². The van der Waals surface area contributed by atoms with Crippen molar-refractivity contribution in [3.63, 3.8) is 0 Å². The van der Waals surface area contributed by atoms with Gasteiger partial charge in [0.05, 0.1) is 22.2 Å². The van der Waals surface area contributed by atoms with Gasteiger partial charge in [-0.05, 0) is 34.0 Å². The fourth-order valence-corrected chi connectivity index (χ4v) is 2.82. The molecular formula is C14H18BrN5. The molecular weight excluding hydrogens is 318 g/mol. The SMILES string of the molecule is CC(C)Cc1nc2c(Br)c(NC3=NCCN3)ccc2[nH]1. The molecule has 106 valence electrons. The lowest BCUT2D eigenvalue weighted by Crippen LogP contribution is -2.26. The van der Waals surface area contributed by atoms with Crippen LogP contribution in [0.3, 0.4) is 0 Å². The minimum absolute atomic E-state index is 0.587. The number of nitrogens with one attached hydrogen (secondary N) is 3. The van der Waals surface area contributed by atoms with E-state index >= 15 is 0 Å². The molecule has 0 fully saturated rings. The highest BCUT2D eigenvalue weighted by molar-refractivity contribution is 9.10. The molecule has 6 heteroatoms. The molecule has 20 heavy (non-hydrogen) atoms. The molecule has 3 rings (SSSR count). The van der Waals surface area contributed by atoms with Gasteiger partial charge in [-0.25, -0.2) is 4.98 Å². The molecule has 0 bridgehead atoms. The first-order chi connectivity index (χ1) is 9.63. The van der Waals surface area contributed by atoms with Crippen molar-refractivity contribution in [2.75, 3.05) is 18.4 Å². The number of rotatable bonds is 3. The summed E-state index contributed by atoms with van der Waals surface area (Å²) in [4.78, 5) is 12.4. The van der Waals surface area contributed by atoms with Gasteiger partial charge in [0.1, 0.15) is 11.3 Å². The summed E-state index contributed by atoms with van der Waals surface area (Å²) in [5.74, 6) is 2.44. The fraction of sp³-hybridized carbons (Fsp3) is 0.429. The summed E-state index contributed by atoms with van der Waals surface area (Å²) in [6.45, 7) is 6.10. The Kier molecular flexibility index (Phi) is 3.65. The van der Waals surface area contributed by atoms with E-state index in [-0.39, 0.29) is 0 Å². The average Bonchev–Trinajstić information content (AvgIpc) is 3.01. The quantitative estimate of drug-likeness (QED) is 0.808. The first kappa shape index (κ1) is 13.4. The summed E-state index contributed by atoms with van der Waals surface area (Å²) in [7, 11) is 0. The van der Waals surface area contributed by atoms with Crippen molar-refractivity contribution < 1.29 is 0 Å². The Morgan fingerprint density at radius 2 is 2.25 bits per heavy atom. The smallest absolute Gasteiger partial charge is 0.195 e. The Hall–Kier alpha value is -1.56. The van der Waals surface area contributed by atoms with Crippen LogP contribution >= 0.6 is 15.9 Å². The summed E-state index contributed by atoms with van der Waals surface area (Å²) < 4.78 is 0.970. The molecule has 2 aromatic rings. The zero-order valence-electron chi connectivity index (χ0n) is 11.6. The summed E-state index contributed by atoms with van der Waals surface area (Å²) in [5.41, 5.74) is 3.00. The number of H-pyrrole nitrogens is 1. The molecule has 5 nitrogen and oxygen atoms in total. The van der Waals surface area contributed by atoms with Gasteiger partial charge in [0.25, 0.3) is 0 Å². The van der Waals surface area contributed by atoms with Crippen LogP contribution in [-0.4, -0.2) is 29.0 Å². The van der Waals surface area contributed by atoms with E-state index < -0.39 is 0 Å². The number of aromatic nitrogens is 2. The molecule has 1 aliphatic rings. The predicted octanol–water partition coefficient (Wildman–Crippen LogP) is 2.90.